The van der Waals surface area contributed by atoms with Crippen molar-refractivity contribution >= 4 is 28.3 Å². The van der Waals surface area contributed by atoms with Crippen molar-refractivity contribution in [3.8, 4) is 11.5 Å². The maximum absolute atomic E-state index is 12.9. The van der Waals surface area contributed by atoms with Crippen LogP contribution >= 0.6 is 0 Å². The SMILES string of the molecule is CCn1nc(C)c2ccnc(N3CCC(C(=O)Nc4ccc5c(c4)OCCO5)CC3)c21. The van der Waals surface area contributed by atoms with Crippen LogP contribution in [0.3, 0.4) is 0 Å². The van der Waals surface area contributed by atoms with E-state index in [1.54, 1.807) is 0 Å². The number of hydrogen-bond acceptors (Lipinski definition) is 6. The van der Waals surface area contributed by atoms with Crippen molar-refractivity contribution < 1.29 is 14.3 Å². The van der Waals surface area contributed by atoms with Crippen molar-refractivity contribution in [2.24, 2.45) is 5.92 Å². The number of anilines is 2. The molecule has 1 amide bonds. The molecule has 8 nitrogen and oxygen atoms in total. The third-order valence-electron chi connectivity index (χ3n) is 6.10. The molecule has 0 spiro atoms. The molecular formula is C23H27N5O3. The minimum Gasteiger partial charge on any atom is -0.486 e. The molecule has 2 aromatic heterocycles. The van der Waals surface area contributed by atoms with Crippen molar-refractivity contribution in [2.45, 2.75) is 33.2 Å². The molecule has 4 heterocycles. The quantitative estimate of drug-likeness (QED) is 0.696. The number of ether oxygens (including phenoxy) is 2. The summed E-state index contributed by atoms with van der Waals surface area (Å²) in [5.74, 6) is 2.39. The molecule has 8 heteroatoms. The summed E-state index contributed by atoms with van der Waals surface area (Å²) in [5, 5.41) is 8.84. The van der Waals surface area contributed by atoms with E-state index in [1.807, 2.05) is 42.1 Å². The summed E-state index contributed by atoms with van der Waals surface area (Å²) in [7, 11) is 0. The summed E-state index contributed by atoms with van der Waals surface area (Å²) in [4.78, 5) is 19.8. The van der Waals surface area contributed by atoms with Gasteiger partial charge >= 0.3 is 0 Å². The van der Waals surface area contributed by atoms with Crippen LogP contribution in [0.25, 0.3) is 10.9 Å². The Kier molecular flexibility index (Phi) is 5.13. The van der Waals surface area contributed by atoms with E-state index in [9.17, 15) is 4.79 Å². The van der Waals surface area contributed by atoms with Crippen molar-refractivity contribution in [1.82, 2.24) is 14.8 Å². The molecule has 1 N–H and O–H groups in total. The maximum Gasteiger partial charge on any atom is 0.227 e. The van der Waals surface area contributed by atoms with Crippen LogP contribution in [-0.4, -0.2) is 47.0 Å². The minimum atomic E-state index is -0.0264. The van der Waals surface area contributed by atoms with Gasteiger partial charge in [0.15, 0.2) is 17.3 Å². The molecule has 1 saturated heterocycles. The fourth-order valence-electron chi connectivity index (χ4n) is 4.45. The van der Waals surface area contributed by atoms with E-state index in [2.05, 4.69) is 27.2 Å². The number of nitrogens with zero attached hydrogens (tertiary/aromatic N) is 4. The lowest BCUT2D eigenvalue weighted by Gasteiger charge is -2.32. The molecule has 2 aliphatic rings. The van der Waals surface area contributed by atoms with E-state index in [1.165, 1.54) is 0 Å². The van der Waals surface area contributed by atoms with E-state index >= 15 is 0 Å². The normalized spacial score (nSPS) is 16.5. The lowest BCUT2D eigenvalue weighted by molar-refractivity contribution is -0.120. The summed E-state index contributed by atoms with van der Waals surface area (Å²) in [6.07, 6.45) is 3.43. The average molecular weight is 422 g/mol. The number of aryl methyl sites for hydroxylation is 2. The molecule has 0 bridgehead atoms. The van der Waals surface area contributed by atoms with Crippen LogP contribution in [0.2, 0.25) is 0 Å². The number of pyridine rings is 1. The van der Waals surface area contributed by atoms with Crippen LogP contribution in [0, 0.1) is 12.8 Å². The summed E-state index contributed by atoms with van der Waals surface area (Å²) >= 11 is 0. The molecule has 1 fully saturated rings. The van der Waals surface area contributed by atoms with Gasteiger partial charge in [-0.3, -0.25) is 9.48 Å². The number of rotatable bonds is 4. The first-order valence-corrected chi connectivity index (χ1v) is 10.9. The largest absolute Gasteiger partial charge is 0.486 e. The fraction of sp³-hybridized carbons (Fsp3) is 0.435. The smallest absolute Gasteiger partial charge is 0.227 e. The first-order valence-electron chi connectivity index (χ1n) is 10.9. The van der Waals surface area contributed by atoms with Gasteiger partial charge in [-0.25, -0.2) is 4.98 Å². The van der Waals surface area contributed by atoms with Crippen LogP contribution in [0.5, 0.6) is 11.5 Å². The predicted molar refractivity (Wildman–Crippen MR) is 119 cm³/mol. The number of piperidine rings is 1. The standard InChI is InChI=1S/C23H27N5O3/c1-3-28-21-18(15(2)26-28)6-9-24-22(21)27-10-7-16(8-11-27)23(29)25-17-4-5-19-20(14-17)31-13-12-30-19/h4-6,9,14,16H,3,7-8,10-13H2,1-2H3,(H,25,29). The number of benzene rings is 1. The van der Waals surface area contributed by atoms with Gasteiger partial charge in [-0.05, 0) is 44.9 Å². The topological polar surface area (TPSA) is 81.5 Å². The first kappa shape index (κ1) is 19.7. The number of nitrogens with one attached hydrogen (secondary N) is 1. The Morgan fingerprint density at radius 2 is 1.94 bits per heavy atom. The number of fused-ring (bicyclic) bond motifs is 2. The molecule has 0 atom stereocenters. The van der Waals surface area contributed by atoms with Crippen molar-refractivity contribution in [3.05, 3.63) is 36.2 Å². The summed E-state index contributed by atoms with van der Waals surface area (Å²) in [5.41, 5.74) is 2.85. The second kappa shape index (κ2) is 8.09. The van der Waals surface area contributed by atoms with Crippen LogP contribution in [0.15, 0.2) is 30.5 Å². The van der Waals surface area contributed by atoms with Crippen LogP contribution in [-0.2, 0) is 11.3 Å². The Labute approximate surface area is 181 Å². The number of carbonyl (C=O) groups is 1. The average Bonchev–Trinajstić information content (AvgIpc) is 3.15. The monoisotopic (exact) mass is 421 g/mol. The molecule has 0 unspecified atom stereocenters. The first-order chi connectivity index (χ1) is 15.1. The molecule has 3 aromatic rings. The van der Waals surface area contributed by atoms with Gasteiger partial charge < -0.3 is 19.7 Å². The van der Waals surface area contributed by atoms with Gasteiger partial charge in [-0.1, -0.05) is 0 Å². The molecule has 1 aromatic carbocycles. The van der Waals surface area contributed by atoms with E-state index in [0.717, 1.165) is 66.3 Å². The third kappa shape index (κ3) is 3.66. The molecule has 0 radical (unpaired) electrons. The van der Waals surface area contributed by atoms with Crippen molar-refractivity contribution in [2.75, 3.05) is 36.5 Å². The predicted octanol–water partition coefficient (Wildman–Crippen LogP) is 3.39. The zero-order chi connectivity index (χ0) is 21.4. The van der Waals surface area contributed by atoms with Gasteiger partial charge in [-0.15, -0.1) is 0 Å². The molecule has 0 aliphatic carbocycles. The van der Waals surface area contributed by atoms with Gasteiger partial charge in [-0.2, -0.15) is 5.10 Å². The van der Waals surface area contributed by atoms with Crippen LogP contribution in [0.4, 0.5) is 11.5 Å². The van der Waals surface area contributed by atoms with Crippen LogP contribution < -0.4 is 19.7 Å². The van der Waals surface area contributed by atoms with Crippen molar-refractivity contribution in [3.63, 3.8) is 0 Å². The second-order valence-electron chi connectivity index (χ2n) is 8.04. The summed E-state index contributed by atoms with van der Waals surface area (Å²) < 4.78 is 13.2. The summed E-state index contributed by atoms with van der Waals surface area (Å²) in [6.45, 7) is 7.60. The lowest BCUT2D eigenvalue weighted by atomic mass is 9.95. The Balaban J connectivity index is 1.27. The van der Waals surface area contributed by atoms with Gasteiger partial charge in [0, 0.05) is 48.9 Å². The molecule has 0 saturated carbocycles. The zero-order valence-electron chi connectivity index (χ0n) is 17.9. The van der Waals surface area contributed by atoms with E-state index in [4.69, 9.17) is 9.47 Å². The third-order valence-corrected chi connectivity index (χ3v) is 6.10. The Morgan fingerprint density at radius 3 is 2.71 bits per heavy atom. The molecule has 31 heavy (non-hydrogen) atoms. The minimum absolute atomic E-state index is 0.0264. The molecule has 162 valence electrons. The highest BCUT2D eigenvalue weighted by molar-refractivity contribution is 5.94. The van der Waals surface area contributed by atoms with E-state index < -0.39 is 0 Å². The molecule has 2 aliphatic heterocycles. The van der Waals surface area contributed by atoms with Gasteiger partial charge in [0.1, 0.15) is 18.7 Å². The van der Waals surface area contributed by atoms with E-state index in [-0.39, 0.29) is 11.8 Å². The van der Waals surface area contributed by atoms with Gasteiger partial charge in [0.25, 0.3) is 0 Å². The molecule has 5 rings (SSSR count). The number of hydrogen-bond donors (Lipinski definition) is 1. The number of aromatic nitrogens is 3. The number of carbonyl (C=O) groups excluding carboxylic acids is 1. The highest BCUT2D eigenvalue weighted by Crippen LogP contribution is 2.34. The van der Waals surface area contributed by atoms with E-state index in [0.29, 0.717) is 19.0 Å². The Hall–Kier alpha value is -3.29. The summed E-state index contributed by atoms with van der Waals surface area (Å²) in [6, 6.07) is 7.57. The second-order valence-corrected chi connectivity index (χ2v) is 8.04. The molecular weight excluding hydrogens is 394 g/mol. The Morgan fingerprint density at radius 1 is 1.16 bits per heavy atom. The Bertz CT molecular complexity index is 1120. The number of amides is 1. The van der Waals surface area contributed by atoms with Crippen molar-refractivity contribution in [1.29, 1.82) is 0 Å². The van der Waals surface area contributed by atoms with Gasteiger partial charge in [0.2, 0.25) is 5.91 Å². The fourth-order valence-corrected chi connectivity index (χ4v) is 4.45. The highest BCUT2D eigenvalue weighted by Gasteiger charge is 2.28. The lowest BCUT2D eigenvalue weighted by Crippen LogP contribution is -2.38. The maximum atomic E-state index is 12.9. The van der Waals surface area contributed by atoms with Crippen LogP contribution in [0.1, 0.15) is 25.5 Å². The zero-order valence-corrected chi connectivity index (χ0v) is 17.9. The van der Waals surface area contributed by atoms with Gasteiger partial charge in [0.05, 0.1) is 5.69 Å². The highest BCUT2D eigenvalue weighted by atomic mass is 16.6.